The minimum Gasteiger partial charge on any atom is -0.386 e. The van der Waals surface area contributed by atoms with E-state index in [0.29, 0.717) is 10.6 Å². The standard InChI is InChI=1S/C10H12BrClO3S/c1-10(11,16(2,14)15)9(13)7-4-3-5-8(12)6-7/h3-6,9,13H,1-2H3/t9-,10+/m0/s1. The Bertz CT molecular complexity index is 485. The second kappa shape index (κ2) is 4.64. The predicted molar refractivity (Wildman–Crippen MR) is 68.6 cm³/mol. The van der Waals surface area contributed by atoms with Crippen molar-refractivity contribution in [3.05, 3.63) is 34.9 Å². The molecule has 90 valence electrons. The van der Waals surface area contributed by atoms with Crippen LogP contribution in [0.1, 0.15) is 18.6 Å². The van der Waals surface area contributed by atoms with E-state index >= 15 is 0 Å². The fourth-order valence-corrected chi connectivity index (χ4v) is 2.18. The molecule has 0 unspecified atom stereocenters. The van der Waals surface area contributed by atoms with E-state index in [4.69, 9.17) is 11.6 Å². The van der Waals surface area contributed by atoms with Crippen LogP contribution in [0.4, 0.5) is 0 Å². The molecule has 0 bridgehead atoms. The van der Waals surface area contributed by atoms with Crippen LogP contribution in [0.25, 0.3) is 0 Å². The summed E-state index contributed by atoms with van der Waals surface area (Å²) in [6.07, 6.45) is -0.114. The maximum Gasteiger partial charge on any atom is 0.165 e. The van der Waals surface area contributed by atoms with Crippen LogP contribution < -0.4 is 0 Å². The van der Waals surface area contributed by atoms with E-state index in [0.717, 1.165) is 6.26 Å². The zero-order chi connectivity index (χ0) is 12.6. The van der Waals surface area contributed by atoms with Crippen LogP contribution in [0.2, 0.25) is 5.02 Å². The summed E-state index contributed by atoms with van der Waals surface area (Å²) < 4.78 is 21.6. The molecule has 1 aromatic carbocycles. The predicted octanol–water partition coefficient (Wildman–Crippen LogP) is 2.53. The molecule has 0 saturated carbocycles. The van der Waals surface area contributed by atoms with Crippen LogP contribution in [0, 0.1) is 0 Å². The van der Waals surface area contributed by atoms with Crippen LogP contribution in [-0.2, 0) is 9.84 Å². The van der Waals surface area contributed by atoms with Crippen molar-refractivity contribution in [2.45, 2.75) is 16.7 Å². The lowest BCUT2D eigenvalue weighted by Gasteiger charge is -2.26. The van der Waals surface area contributed by atoms with Crippen molar-refractivity contribution < 1.29 is 13.5 Å². The maximum atomic E-state index is 11.5. The van der Waals surface area contributed by atoms with Crippen molar-refractivity contribution in [2.24, 2.45) is 0 Å². The molecule has 0 amide bonds. The first-order valence-electron chi connectivity index (χ1n) is 4.48. The molecule has 0 aliphatic heterocycles. The number of sulfone groups is 1. The number of hydrogen-bond donors (Lipinski definition) is 1. The Hall–Kier alpha value is -0.100. The number of aliphatic hydroxyl groups excluding tert-OH is 1. The largest absolute Gasteiger partial charge is 0.386 e. The minimum absolute atomic E-state index is 0.452. The monoisotopic (exact) mass is 326 g/mol. The third-order valence-corrected chi connectivity index (χ3v) is 6.48. The highest BCUT2D eigenvalue weighted by Crippen LogP contribution is 2.38. The van der Waals surface area contributed by atoms with Gasteiger partial charge < -0.3 is 5.11 Å². The summed E-state index contributed by atoms with van der Waals surface area (Å²) in [5.41, 5.74) is 0.456. The van der Waals surface area contributed by atoms with E-state index in [1.54, 1.807) is 18.2 Å². The maximum absolute atomic E-state index is 11.5. The van der Waals surface area contributed by atoms with Crippen molar-refractivity contribution in [1.82, 2.24) is 0 Å². The SMILES string of the molecule is C[C@](Br)([C@@H](O)c1cccc(Cl)c1)S(C)(=O)=O. The molecule has 3 nitrogen and oxygen atoms in total. The van der Waals surface area contributed by atoms with E-state index in [9.17, 15) is 13.5 Å². The Labute approximate surface area is 108 Å². The topological polar surface area (TPSA) is 54.4 Å². The first-order valence-corrected chi connectivity index (χ1v) is 7.54. The van der Waals surface area contributed by atoms with E-state index in [1.807, 2.05) is 0 Å². The third-order valence-electron chi connectivity index (χ3n) is 2.38. The summed E-state index contributed by atoms with van der Waals surface area (Å²) in [7, 11) is -3.44. The van der Waals surface area contributed by atoms with Gasteiger partial charge in [0.25, 0.3) is 0 Å². The number of alkyl halides is 1. The van der Waals surface area contributed by atoms with Crippen molar-refractivity contribution >= 4 is 37.4 Å². The molecule has 0 aromatic heterocycles. The van der Waals surface area contributed by atoms with E-state index < -0.39 is 19.6 Å². The van der Waals surface area contributed by atoms with Gasteiger partial charge in [-0.1, -0.05) is 39.7 Å². The molecule has 0 radical (unpaired) electrons. The van der Waals surface area contributed by atoms with Gasteiger partial charge in [0.05, 0.1) is 0 Å². The van der Waals surface area contributed by atoms with Crippen LogP contribution in [0.15, 0.2) is 24.3 Å². The fourth-order valence-electron chi connectivity index (χ4n) is 1.18. The molecule has 0 spiro atoms. The number of hydrogen-bond acceptors (Lipinski definition) is 3. The summed E-state index contributed by atoms with van der Waals surface area (Å²) >= 11 is 8.83. The molecule has 0 fully saturated rings. The van der Waals surface area contributed by atoms with Gasteiger partial charge in [0.2, 0.25) is 0 Å². The van der Waals surface area contributed by atoms with E-state index in [2.05, 4.69) is 15.9 Å². The second-order valence-electron chi connectivity index (χ2n) is 3.72. The third kappa shape index (κ3) is 2.77. The summed E-state index contributed by atoms with van der Waals surface area (Å²) in [6.45, 7) is 1.41. The first kappa shape index (κ1) is 14.0. The zero-order valence-electron chi connectivity index (χ0n) is 8.81. The van der Waals surface area contributed by atoms with Gasteiger partial charge >= 0.3 is 0 Å². The molecule has 0 aliphatic carbocycles. The van der Waals surface area contributed by atoms with Gasteiger partial charge in [-0.3, -0.25) is 0 Å². The average Bonchev–Trinajstić information content (AvgIpc) is 2.14. The van der Waals surface area contributed by atoms with Gasteiger partial charge in [-0.05, 0) is 24.6 Å². The highest BCUT2D eigenvalue weighted by Gasteiger charge is 2.41. The van der Waals surface area contributed by atoms with Gasteiger partial charge in [-0.15, -0.1) is 0 Å². The summed E-state index contributed by atoms with van der Waals surface area (Å²) in [6, 6.07) is 6.48. The highest BCUT2D eigenvalue weighted by atomic mass is 79.9. The normalized spacial score (nSPS) is 17.8. The van der Waals surface area contributed by atoms with Gasteiger partial charge in [-0.2, -0.15) is 0 Å². The first-order chi connectivity index (χ1) is 7.16. The smallest absolute Gasteiger partial charge is 0.165 e. The lowest BCUT2D eigenvalue weighted by Crippen LogP contribution is -2.34. The van der Waals surface area contributed by atoms with Crippen molar-refractivity contribution in [3.63, 3.8) is 0 Å². The molecule has 16 heavy (non-hydrogen) atoms. The molecule has 1 aromatic rings. The Balaban J connectivity index is 3.17. The van der Waals surface area contributed by atoms with Crippen molar-refractivity contribution in [2.75, 3.05) is 6.26 Å². The molecule has 0 aliphatic rings. The van der Waals surface area contributed by atoms with Gasteiger partial charge in [0.15, 0.2) is 13.5 Å². The Kier molecular flexibility index (Phi) is 4.05. The van der Waals surface area contributed by atoms with E-state index in [-0.39, 0.29) is 0 Å². The lowest BCUT2D eigenvalue weighted by atomic mass is 10.1. The highest BCUT2D eigenvalue weighted by molar-refractivity contribution is 9.11. The quantitative estimate of drug-likeness (QED) is 0.868. The van der Waals surface area contributed by atoms with Gasteiger partial charge in [0.1, 0.15) is 6.10 Å². The van der Waals surface area contributed by atoms with Crippen molar-refractivity contribution in [1.29, 1.82) is 0 Å². The summed E-state index contributed by atoms with van der Waals surface area (Å²) in [5, 5.41) is 10.5. The van der Waals surface area contributed by atoms with Crippen LogP contribution in [0.5, 0.6) is 0 Å². The Morgan fingerprint density at radius 2 is 2.06 bits per heavy atom. The molecule has 6 heteroatoms. The molecule has 0 saturated heterocycles. The molecule has 1 rings (SSSR count). The van der Waals surface area contributed by atoms with Crippen LogP contribution >= 0.6 is 27.5 Å². The van der Waals surface area contributed by atoms with Crippen LogP contribution in [-0.4, -0.2) is 23.4 Å². The van der Waals surface area contributed by atoms with E-state index in [1.165, 1.54) is 13.0 Å². The van der Waals surface area contributed by atoms with Gasteiger partial charge in [0, 0.05) is 11.3 Å². The molecular weight excluding hydrogens is 316 g/mol. The molecular formula is C10H12BrClO3S. The van der Waals surface area contributed by atoms with Crippen molar-refractivity contribution in [3.8, 4) is 0 Å². The summed E-state index contributed by atoms with van der Waals surface area (Å²) in [5.74, 6) is 0. The van der Waals surface area contributed by atoms with Crippen LogP contribution in [0.3, 0.4) is 0 Å². The number of halogens is 2. The summed E-state index contributed by atoms with van der Waals surface area (Å²) in [4.78, 5) is 0. The number of rotatable bonds is 3. The number of benzene rings is 1. The zero-order valence-corrected chi connectivity index (χ0v) is 12.0. The average molecular weight is 328 g/mol. The second-order valence-corrected chi connectivity index (χ2v) is 8.72. The molecule has 2 atom stereocenters. The molecule has 1 N–H and O–H groups in total. The molecule has 0 heterocycles. The Morgan fingerprint density at radius 3 is 2.50 bits per heavy atom. The minimum atomic E-state index is -3.44. The Morgan fingerprint density at radius 1 is 1.50 bits per heavy atom. The lowest BCUT2D eigenvalue weighted by molar-refractivity contribution is 0.168. The fraction of sp³-hybridized carbons (Fsp3) is 0.400. The van der Waals surface area contributed by atoms with Gasteiger partial charge in [-0.25, -0.2) is 8.42 Å². The number of aliphatic hydroxyl groups is 1.